The standard InChI is InChI=1S/C15H22N2O2/c1-11-7-8-12-5-3-4-6-14(12)17(11)15(18)13(16)9-10-19-2/h3-6,11,13H,7-10,16H2,1-2H3. The molecule has 1 aliphatic rings. The summed E-state index contributed by atoms with van der Waals surface area (Å²) in [7, 11) is 1.62. The molecule has 0 radical (unpaired) electrons. The van der Waals surface area contributed by atoms with Gasteiger partial charge in [-0.3, -0.25) is 4.79 Å². The summed E-state index contributed by atoms with van der Waals surface area (Å²) in [5.41, 5.74) is 8.22. The third-order valence-electron chi connectivity index (χ3n) is 3.71. The molecule has 2 atom stereocenters. The summed E-state index contributed by atoms with van der Waals surface area (Å²) in [6.45, 7) is 2.59. The molecule has 1 heterocycles. The van der Waals surface area contributed by atoms with Gasteiger partial charge in [0.05, 0.1) is 6.04 Å². The highest BCUT2D eigenvalue weighted by Gasteiger charge is 2.30. The highest BCUT2D eigenvalue weighted by atomic mass is 16.5. The molecule has 2 rings (SSSR count). The Hall–Kier alpha value is -1.39. The lowest BCUT2D eigenvalue weighted by atomic mass is 9.95. The van der Waals surface area contributed by atoms with E-state index in [0.29, 0.717) is 13.0 Å². The number of carbonyl (C=O) groups excluding carboxylic acids is 1. The highest BCUT2D eigenvalue weighted by molar-refractivity contribution is 5.98. The fraction of sp³-hybridized carbons (Fsp3) is 0.533. The largest absolute Gasteiger partial charge is 0.385 e. The lowest BCUT2D eigenvalue weighted by molar-refractivity contribution is -0.120. The maximum absolute atomic E-state index is 12.5. The van der Waals surface area contributed by atoms with Gasteiger partial charge in [0.2, 0.25) is 5.91 Å². The van der Waals surface area contributed by atoms with Crippen LogP contribution in [0.2, 0.25) is 0 Å². The molecule has 19 heavy (non-hydrogen) atoms. The number of ether oxygens (including phenoxy) is 1. The van der Waals surface area contributed by atoms with Crippen molar-refractivity contribution in [2.75, 3.05) is 18.6 Å². The van der Waals surface area contributed by atoms with Crippen molar-refractivity contribution in [1.82, 2.24) is 0 Å². The average molecular weight is 262 g/mol. The Balaban J connectivity index is 2.20. The summed E-state index contributed by atoms with van der Waals surface area (Å²) in [5, 5.41) is 0. The van der Waals surface area contributed by atoms with E-state index >= 15 is 0 Å². The molecule has 4 nitrogen and oxygen atoms in total. The summed E-state index contributed by atoms with van der Waals surface area (Å²) in [6.07, 6.45) is 2.56. The van der Waals surface area contributed by atoms with E-state index in [9.17, 15) is 4.79 Å². The van der Waals surface area contributed by atoms with E-state index in [4.69, 9.17) is 10.5 Å². The third-order valence-corrected chi connectivity index (χ3v) is 3.71. The van der Waals surface area contributed by atoms with Crippen LogP contribution in [0.15, 0.2) is 24.3 Å². The molecule has 0 bridgehead atoms. The first-order valence-electron chi connectivity index (χ1n) is 6.80. The number of nitrogens with zero attached hydrogens (tertiary/aromatic N) is 1. The topological polar surface area (TPSA) is 55.6 Å². The Morgan fingerprint density at radius 2 is 2.26 bits per heavy atom. The summed E-state index contributed by atoms with van der Waals surface area (Å²) < 4.78 is 5.00. The third kappa shape index (κ3) is 2.96. The molecular weight excluding hydrogens is 240 g/mol. The second-order valence-corrected chi connectivity index (χ2v) is 5.11. The molecule has 1 amide bonds. The van der Waals surface area contributed by atoms with E-state index in [1.54, 1.807) is 7.11 Å². The molecule has 0 saturated carbocycles. The Bertz CT molecular complexity index is 448. The van der Waals surface area contributed by atoms with Crippen molar-refractivity contribution in [3.05, 3.63) is 29.8 Å². The van der Waals surface area contributed by atoms with E-state index < -0.39 is 6.04 Å². The molecule has 2 unspecified atom stereocenters. The maximum atomic E-state index is 12.5. The first-order chi connectivity index (χ1) is 9.15. The van der Waals surface area contributed by atoms with Crippen LogP contribution >= 0.6 is 0 Å². The van der Waals surface area contributed by atoms with Crippen LogP contribution in [-0.4, -0.2) is 31.7 Å². The van der Waals surface area contributed by atoms with Crippen LogP contribution in [0.25, 0.3) is 0 Å². The normalized spacial score (nSPS) is 19.9. The van der Waals surface area contributed by atoms with Gasteiger partial charge in [-0.25, -0.2) is 0 Å². The summed E-state index contributed by atoms with van der Waals surface area (Å²) in [4.78, 5) is 14.4. The van der Waals surface area contributed by atoms with Gasteiger partial charge in [-0.15, -0.1) is 0 Å². The summed E-state index contributed by atoms with van der Waals surface area (Å²) in [5.74, 6) is -0.00306. The minimum absolute atomic E-state index is 0.00306. The quantitative estimate of drug-likeness (QED) is 0.899. The van der Waals surface area contributed by atoms with Crippen molar-refractivity contribution in [3.8, 4) is 0 Å². The number of hydrogen-bond donors (Lipinski definition) is 1. The van der Waals surface area contributed by atoms with E-state index in [1.165, 1.54) is 5.56 Å². The molecule has 0 fully saturated rings. The Labute approximate surface area is 114 Å². The Kier molecular flexibility index (Phi) is 4.56. The van der Waals surface area contributed by atoms with E-state index in [2.05, 4.69) is 13.0 Å². The van der Waals surface area contributed by atoms with Crippen LogP contribution < -0.4 is 10.6 Å². The number of amides is 1. The lowest BCUT2D eigenvalue weighted by Crippen LogP contribution is -2.50. The molecule has 0 aromatic heterocycles. The first-order valence-corrected chi connectivity index (χ1v) is 6.80. The zero-order chi connectivity index (χ0) is 13.8. The Morgan fingerprint density at radius 3 is 3.00 bits per heavy atom. The minimum Gasteiger partial charge on any atom is -0.385 e. The van der Waals surface area contributed by atoms with Crippen LogP contribution in [0.5, 0.6) is 0 Å². The predicted molar refractivity (Wildman–Crippen MR) is 76.2 cm³/mol. The molecule has 1 aromatic carbocycles. The van der Waals surface area contributed by atoms with Crippen molar-refractivity contribution in [2.24, 2.45) is 5.73 Å². The zero-order valence-corrected chi connectivity index (χ0v) is 11.6. The van der Waals surface area contributed by atoms with Crippen molar-refractivity contribution in [1.29, 1.82) is 0 Å². The molecule has 0 aliphatic carbocycles. The van der Waals surface area contributed by atoms with Gasteiger partial charge in [-0.2, -0.15) is 0 Å². The van der Waals surface area contributed by atoms with Crippen LogP contribution in [0, 0.1) is 0 Å². The number of nitrogens with two attached hydrogens (primary N) is 1. The summed E-state index contributed by atoms with van der Waals surface area (Å²) in [6, 6.07) is 7.79. The molecule has 0 saturated heterocycles. The van der Waals surface area contributed by atoms with Gasteiger partial charge in [0.15, 0.2) is 0 Å². The predicted octanol–water partition coefficient (Wildman–Crippen LogP) is 1.72. The lowest BCUT2D eigenvalue weighted by Gasteiger charge is -2.36. The minimum atomic E-state index is -0.492. The Morgan fingerprint density at radius 1 is 1.53 bits per heavy atom. The van der Waals surface area contributed by atoms with E-state index in [0.717, 1.165) is 18.5 Å². The zero-order valence-electron chi connectivity index (χ0n) is 11.6. The van der Waals surface area contributed by atoms with Crippen LogP contribution in [0.1, 0.15) is 25.3 Å². The molecule has 4 heteroatoms. The van der Waals surface area contributed by atoms with Crippen LogP contribution in [-0.2, 0) is 16.0 Å². The van der Waals surface area contributed by atoms with Gasteiger partial charge < -0.3 is 15.4 Å². The average Bonchev–Trinajstić information content (AvgIpc) is 2.44. The van der Waals surface area contributed by atoms with Gasteiger partial charge in [0.25, 0.3) is 0 Å². The van der Waals surface area contributed by atoms with Gasteiger partial charge >= 0.3 is 0 Å². The molecule has 1 aliphatic heterocycles. The first kappa shape index (κ1) is 14.0. The highest BCUT2D eigenvalue weighted by Crippen LogP contribution is 2.30. The monoisotopic (exact) mass is 262 g/mol. The van der Waals surface area contributed by atoms with Crippen molar-refractivity contribution in [2.45, 2.75) is 38.3 Å². The number of carbonyl (C=O) groups is 1. The fourth-order valence-corrected chi connectivity index (χ4v) is 2.57. The summed E-state index contributed by atoms with van der Waals surface area (Å²) >= 11 is 0. The molecule has 1 aromatic rings. The number of methoxy groups -OCH3 is 1. The number of aryl methyl sites for hydroxylation is 1. The second-order valence-electron chi connectivity index (χ2n) is 5.11. The van der Waals surface area contributed by atoms with Crippen LogP contribution in [0.4, 0.5) is 5.69 Å². The number of benzene rings is 1. The SMILES string of the molecule is COCCC(N)C(=O)N1c2ccccc2CCC1C. The second kappa shape index (κ2) is 6.17. The van der Waals surface area contributed by atoms with Gasteiger partial charge in [-0.05, 0) is 37.8 Å². The molecular formula is C15H22N2O2. The van der Waals surface area contributed by atoms with Crippen molar-refractivity contribution >= 4 is 11.6 Å². The number of para-hydroxylation sites is 1. The smallest absolute Gasteiger partial charge is 0.244 e. The van der Waals surface area contributed by atoms with Gasteiger partial charge in [0, 0.05) is 25.4 Å². The maximum Gasteiger partial charge on any atom is 0.244 e. The number of rotatable bonds is 4. The molecule has 2 N–H and O–H groups in total. The van der Waals surface area contributed by atoms with Gasteiger partial charge in [-0.1, -0.05) is 18.2 Å². The number of hydrogen-bond acceptors (Lipinski definition) is 3. The fourth-order valence-electron chi connectivity index (χ4n) is 2.57. The molecule has 104 valence electrons. The number of fused-ring (bicyclic) bond motifs is 1. The van der Waals surface area contributed by atoms with Gasteiger partial charge in [0.1, 0.15) is 0 Å². The van der Waals surface area contributed by atoms with E-state index in [-0.39, 0.29) is 11.9 Å². The number of anilines is 1. The molecule has 0 spiro atoms. The van der Waals surface area contributed by atoms with Crippen molar-refractivity contribution < 1.29 is 9.53 Å². The van der Waals surface area contributed by atoms with Crippen molar-refractivity contribution in [3.63, 3.8) is 0 Å². The van der Waals surface area contributed by atoms with Crippen LogP contribution in [0.3, 0.4) is 0 Å². The van der Waals surface area contributed by atoms with E-state index in [1.807, 2.05) is 23.1 Å².